The lowest BCUT2D eigenvalue weighted by Gasteiger charge is -2.17. The van der Waals surface area contributed by atoms with Gasteiger partial charge in [-0.15, -0.1) is 0 Å². The second-order valence-electron chi connectivity index (χ2n) is 3.95. The highest BCUT2D eigenvalue weighted by atomic mass is 16.5. The van der Waals surface area contributed by atoms with E-state index in [1.165, 1.54) is 0 Å². The topological polar surface area (TPSA) is 58.6 Å². The van der Waals surface area contributed by atoms with Gasteiger partial charge in [0.15, 0.2) is 0 Å². The highest BCUT2D eigenvalue weighted by Crippen LogP contribution is 2.34. The van der Waals surface area contributed by atoms with Crippen LogP contribution in [0.2, 0.25) is 0 Å². The molecule has 0 aliphatic carbocycles. The monoisotopic (exact) mass is 221 g/mol. The molecule has 0 spiro atoms. The summed E-state index contributed by atoms with van der Waals surface area (Å²) in [5.41, 5.74) is 0.974. The van der Waals surface area contributed by atoms with E-state index in [9.17, 15) is 4.79 Å². The lowest BCUT2D eigenvalue weighted by molar-refractivity contribution is -0.141. The lowest BCUT2D eigenvalue weighted by Crippen LogP contribution is -2.21. The third-order valence-corrected chi connectivity index (χ3v) is 3.07. The Morgan fingerprint density at radius 3 is 2.88 bits per heavy atom. The van der Waals surface area contributed by atoms with Crippen LogP contribution in [0, 0.1) is 5.92 Å². The summed E-state index contributed by atoms with van der Waals surface area (Å²) < 4.78 is 5.27. The van der Waals surface area contributed by atoms with Crippen LogP contribution in [-0.2, 0) is 4.79 Å². The molecule has 2 rings (SSSR count). The van der Waals surface area contributed by atoms with Crippen molar-refractivity contribution < 1.29 is 14.6 Å². The summed E-state index contributed by atoms with van der Waals surface area (Å²) in [6.45, 7) is 1.22. The van der Waals surface area contributed by atoms with Crippen molar-refractivity contribution in [3.63, 3.8) is 0 Å². The number of carboxylic acids is 1. The zero-order valence-electron chi connectivity index (χ0n) is 9.14. The van der Waals surface area contributed by atoms with Gasteiger partial charge in [-0.3, -0.25) is 4.79 Å². The minimum atomic E-state index is -0.749. The largest absolute Gasteiger partial charge is 0.496 e. The number of methoxy groups -OCH3 is 1. The van der Waals surface area contributed by atoms with Crippen LogP contribution in [0.15, 0.2) is 24.3 Å². The summed E-state index contributed by atoms with van der Waals surface area (Å²) in [5, 5.41) is 12.2. The fourth-order valence-corrected chi connectivity index (χ4v) is 2.24. The molecule has 1 aliphatic rings. The Kier molecular flexibility index (Phi) is 3.10. The standard InChI is InChI=1S/C12H15NO3/c1-16-11-5-3-2-4-8(11)9-6-13-7-10(9)12(14)15/h2-5,9-10,13H,6-7H2,1H3,(H,14,15)/t9?,10-/m1/s1. The highest BCUT2D eigenvalue weighted by Gasteiger charge is 2.35. The SMILES string of the molecule is COc1ccccc1C1CNC[C@H]1C(=O)O. The molecular weight excluding hydrogens is 206 g/mol. The molecule has 1 fully saturated rings. The lowest BCUT2D eigenvalue weighted by atomic mass is 9.88. The van der Waals surface area contributed by atoms with E-state index in [-0.39, 0.29) is 11.8 Å². The number of hydrogen-bond donors (Lipinski definition) is 2. The molecule has 2 N–H and O–H groups in total. The minimum Gasteiger partial charge on any atom is -0.496 e. The number of para-hydroxylation sites is 1. The van der Waals surface area contributed by atoms with E-state index in [1.807, 2.05) is 24.3 Å². The zero-order chi connectivity index (χ0) is 11.5. The van der Waals surface area contributed by atoms with Gasteiger partial charge in [0, 0.05) is 19.0 Å². The van der Waals surface area contributed by atoms with Gasteiger partial charge in [0.25, 0.3) is 0 Å². The second-order valence-corrected chi connectivity index (χ2v) is 3.95. The molecule has 2 atom stereocenters. The van der Waals surface area contributed by atoms with Gasteiger partial charge in [-0.2, -0.15) is 0 Å². The van der Waals surface area contributed by atoms with Gasteiger partial charge in [-0.1, -0.05) is 18.2 Å². The molecule has 1 aromatic carbocycles. The average molecular weight is 221 g/mol. The number of hydrogen-bond acceptors (Lipinski definition) is 3. The normalized spacial score (nSPS) is 24.3. The van der Waals surface area contributed by atoms with Crippen LogP contribution < -0.4 is 10.1 Å². The molecule has 4 heteroatoms. The number of rotatable bonds is 3. The van der Waals surface area contributed by atoms with Gasteiger partial charge in [-0.05, 0) is 11.6 Å². The fourth-order valence-electron chi connectivity index (χ4n) is 2.24. The maximum atomic E-state index is 11.1. The molecular formula is C12H15NO3. The molecule has 1 heterocycles. The van der Waals surface area contributed by atoms with Gasteiger partial charge in [-0.25, -0.2) is 0 Å². The van der Waals surface area contributed by atoms with Crippen molar-refractivity contribution >= 4 is 5.97 Å². The molecule has 0 radical (unpaired) electrons. The summed E-state index contributed by atoms with van der Waals surface area (Å²) in [5.74, 6) is -0.353. The van der Waals surface area contributed by atoms with Crippen LogP contribution in [0.4, 0.5) is 0 Å². The van der Waals surface area contributed by atoms with E-state index < -0.39 is 5.97 Å². The summed E-state index contributed by atoms with van der Waals surface area (Å²) in [4.78, 5) is 11.1. The molecule has 1 aliphatic heterocycles. The van der Waals surface area contributed by atoms with E-state index in [2.05, 4.69) is 5.32 Å². The molecule has 1 aromatic rings. The molecule has 0 saturated carbocycles. The van der Waals surface area contributed by atoms with Gasteiger partial charge < -0.3 is 15.2 Å². The molecule has 4 nitrogen and oxygen atoms in total. The minimum absolute atomic E-state index is 0.00588. The zero-order valence-corrected chi connectivity index (χ0v) is 9.14. The van der Waals surface area contributed by atoms with Crippen LogP contribution in [0.5, 0.6) is 5.75 Å². The first-order chi connectivity index (χ1) is 7.74. The van der Waals surface area contributed by atoms with Gasteiger partial charge in [0.05, 0.1) is 13.0 Å². The van der Waals surface area contributed by atoms with E-state index in [0.717, 1.165) is 11.3 Å². The maximum Gasteiger partial charge on any atom is 0.308 e. The van der Waals surface area contributed by atoms with E-state index in [4.69, 9.17) is 9.84 Å². The number of nitrogens with one attached hydrogen (secondary N) is 1. The van der Waals surface area contributed by atoms with Crippen LogP contribution >= 0.6 is 0 Å². The predicted molar refractivity (Wildman–Crippen MR) is 59.7 cm³/mol. The first kappa shape index (κ1) is 11.0. The number of ether oxygens (including phenoxy) is 1. The molecule has 1 saturated heterocycles. The Labute approximate surface area is 94.2 Å². The van der Waals surface area contributed by atoms with E-state index >= 15 is 0 Å². The molecule has 1 unspecified atom stereocenters. The van der Waals surface area contributed by atoms with E-state index in [1.54, 1.807) is 7.11 Å². The smallest absolute Gasteiger partial charge is 0.308 e. The van der Waals surface area contributed by atoms with Crippen LogP contribution in [-0.4, -0.2) is 31.3 Å². The molecule has 0 bridgehead atoms. The Morgan fingerprint density at radius 1 is 1.44 bits per heavy atom. The predicted octanol–water partition coefficient (Wildman–Crippen LogP) is 1.08. The van der Waals surface area contributed by atoms with Crippen molar-refractivity contribution in [1.82, 2.24) is 5.32 Å². The Morgan fingerprint density at radius 2 is 2.19 bits per heavy atom. The Hall–Kier alpha value is -1.55. The summed E-state index contributed by atoms with van der Waals surface area (Å²) in [6, 6.07) is 7.61. The number of benzene rings is 1. The van der Waals surface area contributed by atoms with E-state index in [0.29, 0.717) is 13.1 Å². The number of carboxylic acid groups (broad SMARTS) is 1. The molecule has 86 valence electrons. The molecule has 0 aromatic heterocycles. The average Bonchev–Trinajstić information content (AvgIpc) is 2.77. The van der Waals surface area contributed by atoms with Gasteiger partial charge in [0.1, 0.15) is 5.75 Å². The van der Waals surface area contributed by atoms with Crippen molar-refractivity contribution in [1.29, 1.82) is 0 Å². The second kappa shape index (κ2) is 4.53. The Balaban J connectivity index is 2.32. The maximum absolute atomic E-state index is 11.1. The van der Waals surface area contributed by atoms with Crippen molar-refractivity contribution in [2.24, 2.45) is 5.92 Å². The van der Waals surface area contributed by atoms with Crippen LogP contribution in [0.1, 0.15) is 11.5 Å². The quantitative estimate of drug-likeness (QED) is 0.802. The third kappa shape index (κ3) is 1.88. The summed E-state index contributed by atoms with van der Waals surface area (Å²) in [6.07, 6.45) is 0. The molecule has 16 heavy (non-hydrogen) atoms. The number of carbonyl (C=O) groups is 1. The van der Waals surface area contributed by atoms with Crippen molar-refractivity contribution in [2.75, 3.05) is 20.2 Å². The van der Waals surface area contributed by atoms with Crippen molar-refractivity contribution in [2.45, 2.75) is 5.92 Å². The van der Waals surface area contributed by atoms with Crippen LogP contribution in [0.3, 0.4) is 0 Å². The summed E-state index contributed by atoms with van der Waals surface area (Å²) >= 11 is 0. The van der Waals surface area contributed by atoms with Crippen LogP contribution in [0.25, 0.3) is 0 Å². The van der Waals surface area contributed by atoms with Gasteiger partial charge in [0.2, 0.25) is 0 Å². The number of aliphatic carboxylic acids is 1. The summed E-state index contributed by atoms with van der Waals surface area (Å²) in [7, 11) is 1.61. The third-order valence-electron chi connectivity index (χ3n) is 3.07. The van der Waals surface area contributed by atoms with Gasteiger partial charge >= 0.3 is 5.97 Å². The molecule has 0 amide bonds. The van der Waals surface area contributed by atoms with Crippen molar-refractivity contribution in [3.05, 3.63) is 29.8 Å². The fraction of sp³-hybridized carbons (Fsp3) is 0.417. The van der Waals surface area contributed by atoms with Crippen molar-refractivity contribution in [3.8, 4) is 5.75 Å². The Bertz CT molecular complexity index is 392. The first-order valence-corrected chi connectivity index (χ1v) is 5.30. The highest BCUT2D eigenvalue weighted by molar-refractivity contribution is 5.72. The first-order valence-electron chi connectivity index (χ1n) is 5.30.